The van der Waals surface area contributed by atoms with Crippen LogP contribution >= 0.6 is 0 Å². The first kappa shape index (κ1) is 16.6. The Morgan fingerprint density at radius 1 is 1.35 bits per heavy atom. The molecule has 0 saturated heterocycles. The summed E-state index contributed by atoms with van der Waals surface area (Å²) in [6.45, 7) is 7.40. The first-order valence-corrected chi connectivity index (χ1v) is 8.94. The lowest BCUT2D eigenvalue weighted by Gasteiger charge is -2.27. The number of aliphatic hydroxyl groups excluding tert-OH is 3. The molecule has 0 bridgehead atoms. The van der Waals surface area contributed by atoms with E-state index in [1.54, 1.807) is 13.8 Å². The monoisotopic (exact) mass is 263 g/mol. The van der Waals surface area contributed by atoms with Crippen molar-refractivity contribution >= 4 is 14.7 Å². The Kier molecular flexibility index (Phi) is 6.92. The summed E-state index contributed by atoms with van der Waals surface area (Å²) in [6.07, 6.45) is -0.719. The van der Waals surface area contributed by atoms with Crippen LogP contribution in [-0.4, -0.2) is 55.0 Å². The van der Waals surface area contributed by atoms with Crippen molar-refractivity contribution in [3.63, 3.8) is 0 Å². The van der Waals surface area contributed by atoms with E-state index in [0.717, 1.165) is 0 Å². The number of carbonyl (C=O) groups excluding carboxylic acids is 1. The third-order valence-corrected chi connectivity index (χ3v) is 4.78. The van der Waals surface area contributed by atoms with Crippen LogP contribution in [0.4, 0.5) is 0 Å². The Morgan fingerprint density at radius 3 is 2.29 bits per heavy atom. The zero-order chi connectivity index (χ0) is 13.6. The van der Waals surface area contributed by atoms with E-state index >= 15 is 0 Å². The van der Waals surface area contributed by atoms with E-state index in [4.69, 9.17) is 5.11 Å². The first-order chi connectivity index (χ1) is 7.72. The summed E-state index contributed by atoms with van der Waals surface area (Å²) in [5, 5.41) is 30.9. The molecular formula is C11H25NO4Si. The molecule has 2 atom stereocenters. The van der Waals surface area contributed by atoms with Gasteiger partial charge in [0.25, 0.3) is 0 Å². The maximum absolute atomic E-state index is 11.6. The molecule has 6 heteroatoms. The van der Waals surface area contributed by atoms with Crippen LogP contribution in [0.3, 0.4) is 0 Å². The van der Waals surface area contributed by atoms with Crippen molar-refractivity contribution in [3.8, 4) is 0 Å². The molecule has 0 rings (SSSR count). The zero-order valence-electron chi connectivity index (χ0n) is 11.1. The van der Waals surface area contributed by atoms with Crippen molar-refractivity contribution < 1.29 is 20.1 Å². The number of aliphatic hydroxyl groups is 3. The maximum atomic E-state index is 11.6. The van der Waals surface area contributed by atoms with E-state index < -0.39 is 26.2 Å². The molecule has 0 aromatic heterocycles. The van der Waals surface area contributed by atoms with E-state index in [0.29, 0.717) is 13.0 Å². The van der Waals surface area contributed by atoms with Gasteiger partial charge in [0.1, 0.15) is 6.10 Å². The van der Waals surface area contributed by atoms with Crippen LogP contribution < -0.4 is 5.32 Å². The molecule has 1 unspecified atom stereocenters. The smallest absolute Gasteiger partial charge is 0.249 e. The van der Waals surface area contributed by atoms with Gasteiger partial charge in [-0.25, -0.2) is 0 Å². The molecule has 0 heterocycles. The highest BCUT2D eigenvalue weighted by molar-refractivity contribution is 6.57. The molecule has 17 heavy (non-hydrogen) atoms. The van der Waals surface area contributed by atoms with Crippen LogP contribution in [0.15, 0.2) is 0 Å². The van der Waals surface area contributed by atoms with Gasteiger partial charge in [-0.15, -0.1) is 0 Å². The molecule has 0 aliphatic heterocycles. The predicted octanol–water partition coefficient (Wildman–Crippen LogP) is -0.741. The second-order valence-corrected chi connectivity index (χ2v) is 8.70. The Bertz CT molecular complexity index is 246. The molecule has 0 saturated carbocycles. The van der Waals surface area contributed by atoms with Crippen LogP contribution in [-0.2, 0) is 4.79 Å². The van der Waals surface area contributed by atoms with Crippen molar-refractivity contribution in [2.24, 2.45) is 5.41 Å². The van der Waals surface area contributed by atoms with Crippen LogP contribution in [0.25, 0.3) is 0 Å². The van der Waals surface area contributed by atoms with Gasteiger partial charge >= 0.3 is 0 Å². The van der Waals surface area contributed by atoms with Gasteiger partial charge in [0.05, 0.1) is 15.4 Å². The highest BCUT2D eigenvalue weighted by Crippen LogP contribution is 2.19. The van der Waals surface area contributed by atoms with Crippen molar-refractivity contribution in [1.29, 1.82) is 0 Å². The summed E-state index contributed by atoms with van der Waals surface area (Å²) in [4.78, 5) is 11.6. The van der Waals surface area contributed by atoms with Gasteiger partial charge in [-0.1, -0.05) is 26.9 Å². The van der Waals surface area contributed by atoms with E-state index in [-0.39, 0.29) is 12.3 Å². The fraction of sp³-hybridized carbons (Fsp3) is 0.909. The highest BCUT2D eigenvalue weighted by Gasteiger charge is 2.32. The Labute approximate surface area is 104 Å². The van der Waals surface area contributed by atoms with Crippen molar-refractivity contribution in [2.75, 3.05) is 13.2 Å². The molecule has 0 aliphatic rings. The Hall–Kier alpha value is -0.433. The lowest BCUT2D eigenvalue weighted by molar-refractivity contribution is -0.137. The fourth-order valence-electron chi connectivity index (χ4n) is 1.21. The number of hydrogen-bond acceptors (Lipinski definition) is 4. The van der Waals surface area contributed by atoms with Crippen LogP contribution in [0, 0.1) is 5.41 Å². The second-order valence-electron chi connectivity index (χ2n) is 5.44. The van der Waals surface area contributed by atoms with Gasteiger partial charge in [0, 0.05) is 17.7 Å². The normalized spacial score (nSPS) is 15.8. The van der Waals surface area contributed by atoms with Crippen molar-refractivity contribution in [1.82, 2.24) is 5.32 Å². The minimum Gasteiger partial charge on any atom is -0.397 e. The lowest BCUT2D eigenvalue weighted by Crippen LogP contribution is -2.46. The number of amides is 1. The minimum atomic E-state index is -1.24. The molecule has 1 amide bonds. The summed E-state index contributed by atoms with van der Waals surface area (Å²) in [7, 11) is -1.09. The first-order valence-electron chi connectivity index (χ1n) is 5.97. The van der Waals surface area contributed by atoms with E-state index in [1.807, 2.05) is 13.1 Å². The summed E-state index contributed by atoms with van der Waals surface area (Å²) in [6, 6.07) is 0. The molecule has 0 aliphatic carbocycles. The van der Waals surface area contributed by atoms with E-state index in [9.17, 15) is 15.0 Å². The minimum absolute atomic E-state index is 0.261. The SMILES string of the molecule is C[SiH](C)C(O)CCNC(=O)[C@H](O)C(C)(C)CO. The van der Waals surface area contributed by atoms with E-state index in [1.165, 1.54) is 0 Å². The van der Waals surface area contributed by atoms with Gasteiger partial charge in [0.2, 0.25) is 5.91 Å². The molecule has 0 fully saturated rings. The largest absolute Gasteiger partial charge is 0.397 e. The molecule has 0 aromatic carbocycles. The van der Waals surface area contributed by atoms with Gasteiger partial charge in [-0.3, -0.25) is 4.79 Å². The summed E-state index contributed by atoms with van der Waals surface area (Å²) >= 11 is 0. The summed E-state index contributed by atoms with van der Waals surface area (Å²) in [5.74, 6) is -0.498. The molecule has 5 nitrogen and oxygen atoms in total. The third kappa shape index (κ3) is 5.63. The van der Waals surface area contributed by atoms with Gasteiger partial charge in [0.15, 0.2) is 0 Å². The molecule has 0 radical (unpaired) electrons. The standard InChI is InChI=1S/C11H25NO4Si/c1-11(2,7-13)9(15)10(16)12-6-5-8(14)17(3)4/h8-9,13-15,17H,5-7H2,1-4H3,(H,12,16)/t8?,9-/m0/s1. The molecule has 0 aromatic rings. The van der Waals surface area contributed by atoms with Gasteiger partial charge in [-0.2, -0.15) is 0 Å². The third-order valence-electron chi connectivity index (χ3n) is 2.90. The highest BCUT2D eigenvalue weighted by atomic mass is 28.3. The molecular weight excluding hydrogens is 238 g/mol. The average Bonchev–Trinajstić information content (AvgIpc) is 2.27. The Morgan fingerprint density at radius 2 is 1.88 bits per heavy atom. The van der Waals surface area contributed by atoms with Gasteiger partial charge in [-0.05, 0) is 6.42 Å². The van der Waals surface area contributed by atoms with Crippen LogP contribution in [0.2, 0.25) is 13.1 Å². The van der Waals surface area contributed by atoms with Gasteiger partial charge < -0.3 is 20.6 Å². The topological polar surface area (TPSA) is 89.8 Å². The summed E-state index contributed by atoms with van der Waals surface area (Å²) in [5.41, 5.74) is -1.17. The second kappa shape index (κ2) is 7.10. The molecule has 0 spiro atoms. The number of rotatable bonds is 7. The zero-order valence-corrected chi connectivity index (χ0v) is 12.3. The maximum Gasteiger partial charge on any atom is 0.249 e. The molecule has 4 N–H and O–H groups in total. The fourth-order valence-corrected chi connectivity index (χ4v) is 2.05. The average molecular weight is 263 g/mol. The van der Waals surface area contributed by atoms with Crippen LogP contribution in [0.5, 0.6) is 0 Å². The van der Waals surface area contributed by atoms with Crippen LogP contribution in [0.1, 0.15) is 20.3 Å². The number of nitrogens with one attached hydrogen (secondary N) is 1. The molecule has 102 valence electrons. The Balaban J connectivity index is 4.03. The van der Waals surface area contributed by atoms with E-state index in [2.05, 4.69) is 5.32 Å². The number of carbonyl (C=O) groups is 1. The lowest BCUT2D eigenvalue weighted by atomic mass is 9.87. The predicted molar refractivity (Wildman–Crippen MR) is 69.4 cm³/mol. The van der Waals surface area contributed by atoms with Crippen molar-refractivity contribution in [3.05, 3.63) is 0 Å². The number of hydrogen-bond donors (Lipinski definition) is 4. The van der Waals surface area contributed by atoms with Crippen molar-refractivity contribution in [2.45, 2.75) is 45.2 Å². The quantitative estimate of drug-likeness (QED) is 0.455. The summed E-state index contributed by atoms with van der Waals surface area (Å²) < 4.78 is 0.